The van der Waals surface area contributed by atoms with E-state index < -0.39 is 48.0 Å². The van der Waals surface area contributed by atoms with Gasteiger partial charge in [-0.1, -0.05) is 25.6 Å². The SMILES string of the molecule is C=C(C)C(=O)OCCC[Si](C)(OC[Si](C)CCCOP(=O)([O-])OCC[N+](C)(C)C)O[Si](C)CCCCOP(=O)([O-])OCC[N+](C)(C)C. The molecule has 2 radical (unpaired) electrons. The molecule has 0 rings (SSSR count). The number of nitrogens with zero attached hydrogens (tertiary/aromatic N) is 2. The number of unbranched alkanes of at least 4 members (excludes halogenated alkanes) is 1. The minimum atomic E-state index is -4.33. The smallest absolute Gasteiger partial charge is 0.333 e. The third-order valence-corrected chi connectivity index (χ3v) is 16.9. The van der Waals surface area contributed by atoms with Crippen molar-refractivity contribution in [2.45, 2.75) is 70.4 Å². The van der Waals surface area contributed by atoms with E-state index in [2.05, 4.69) is 19.7 Å². The molecule has 0 heterocycles. The lowest BCUT2D eigenvalue weighted by molar-refractivity contribution is -0.870. The van der Waals surface area contributed by atoms with Crippen LogP contribution in [0.4, 0.5) is 0 Å². The van der Waals surface area contributed by atoms with Gasteiger partial charge in [-0.15, -0.1) is 0 Å². The number of carbonyl (C=O) groups excluding carboxylic acids is 1. The largest absolute Gasteiger partial charge is 0.756 e. The molecule has 0 amide bonds. The van der Waals surface area contributed by atoms with Crippen molar-refractivity contribution in [2.24, 2.45) is 0 Å². The van der Waals surface area contributed by atoms with Crippen LogP contribution in [0.2, 0.25) is 37.8 Å². The number of quaternary nitrogens is 2. The molecule has 0 aromatic rings. The molecule has 3 unspecified atom stereocenters. The van der Waals surface area contributed by atoms with Crippen LogP contribution >= 0.6 is 15.6 Å². The summed E-state index contributed by atoms with van der Waals surface area (Å²) in [4.78, 5) is 35.8. The van der Waals surface area contributed by atoms with Crippen molar-refractivity contribution in [1.82, 2.24) is 0 Å². The summed E-state index contributed by atoms with van der Waals surface area (Å²) in [5, 5.41) is 0. The second-order valence-electron chi connectivity index (χ2n) is 14.0. The van der Waals surface area contributed by atoms with Crippen LogP contribution in [0.15, 0.2) is 12.2 Å². The van der Waals surface area contributed by atoms with Gasteiger partial charge in [0.2, 0.25) is 0 Å². The van der Waals surface area contributed by atoms with E-state index in [1.54, 1.807) is 6.92 Å². The summed E-state index contributed by atoms with van der Waals surface area (Å²) in [5.41, 5.74) is 0.343. The maximum Gasteiger partial charge on any atom is 0.333 e. The molecule has 0 saturated heterocycles. The predicted octanol–water partition coefficient (Wildman–Crippen LogP) is 3.47. The van der Waals surface area contributed by atoms with Gasteiger partial charge >= 0.3 is 14.5 Å². The van der Waals surface area contributed by atoms with Crippen molar-refractivity contribution < 1.29 is 64.1 Å². The minimum absolute atomic E-state index is 0.0507. The number of esters is 1. The molecule has 0 aromatic carbocycles. The van der Waals surface area contributed by atoms with Gasteiger partial charge in [0.15, 0.2) is 9.04 Å². The monoisotopic (exact) mass is 764 g/mol. The Bertz CT molecular complexity index is 1020. The van der Waals surface area contributed by atoms with Gasteiger partial charge in [0.05, 0.1) is 70.9 Å². The van der Waals surface area contributed by atoms with Crippen LogP contribution in [0.5, 0.6) is 0 Å². The summed E-state index contributed by atoms with van der Waals surface area (Å²) in [5.74, 6) is -0.429. The molecule has 19 heteroatoms. The quantitative estimate of drug-likeness (QED) is 0.0273. The zero-order chi connectivity index (χ0) is 36.4. The standard InChI is InChI=1S/C28H62N2O12P2Si3/c1-27(2)28(31)36-18-15-25-47(11,41-26-45(9)23-14-20-38-44(34,35)40-22-17-30(6,7)8)42-46(10)24-13-12-19-37-43(32,33)39-21-16-29(3,4)5/h1,12-26H2,2-11H3. The normalized spacial score (nSPS) is 16.6. The number of rotatable bonds is 29. The third kappa shape index (κ3) is 28.3. The van der Waals surface area contributed by atoms with Gasteiger partial charge in [-0.3, -0.25) is 9.13 Å². The Morgan fingerprint density at radius 2 is 1.26 bits per heavy atom. The van der Waals surface area contributed by atoms with E-state index in [1.807, 2.05) is 48.8 Å². The van der Waals surface area contributed by atoms with Crippen molar-refractivity contribution in [2.75, 3.05) is 94.6 Å². The van der Waals surface area contributed by atoms with E-state index >= 15 is 0 Å². The van der Waals surface area contributed by atoms with Crippen molar-refractivity contribution in [3.8, 4) is 0 Å². The fourth-order valence-electron chi connectivity index (χ4n) is 3.73. The molecule has 0 aromatic heterocycles. The Hall–Kier alpha value is -0.0794. The zero-order valence-electron chi connectivity index (χ0n) is 30.5. The number of hydrogen-bond donors (Lipinski definition) is 0. The van der Waals surface area contributed by atoms with E-state index in [9.17, 15) is 23.7 Å². The van der Waals surface area contributed by atoms with Gasteiger partial charge in [-0.25, -0.2) is 4.79 Å². The van der Waals surface area contributed by atoms with E-state index in [1.165, 1.54) is 0 Å². The summed E-state index contributed by atoms with van der Waals surface area (Å²) < 4.78 is 63.5. The van der Waals surface area contributed by atoms with Gasteiger partial charge in [0.25, 0.3) is 15.6 Å². The second-order valence-corrected chi connectivity index (χ2v) is 25.3. The maximum atomic E-state index is 12.0. The number of ether oxygens (including phenoxy) is 1. The van der Waals surface area contributed by atoms with Crippen LogP contribution in [-0.4, -0.2) is 136 Å². The van der Waals surface area contributed by atoms with E-state index in [0.717, 1.165) is 18.5 Å². The Kier molecular flexibility index (Phi) is 22.6. The molecular formula is C28H62N2O12P2Si3. The van der Waals surface area contributed by atoms with Crippen LogP contribution in [0, 0.1) is 0 Å². The minimum Gasteiger partial charge on any atom is -0.756 e. The summed E-state index contributed by atoms with van der Waals surface area (Å²) in [6.45, 7) is 13.0. The number of phosphoric ester groups is 2. The number of hydrogen-bond acceptors (Lipinski definition) is 12. The highest BCUT2D eigenvalue weighted by Gasteiger charge is 2.34. The van der Waals surface area contributed by atoms with E-state index in [0.29, 0.717) is 59.2 Å². The van der Waals surface area contributed by atoms with Crippen LogP contribution in [0.25, 0.3) is 0 Å². The Labute approximate surface area is 288 Å². The first kappa shape index (κ1) is 46.9. The maximum absolute atomic E-state index is 12.0. The molecule has 0 aliphatic heterocycles. The highest BCUT2D eigenvalue weighted by atomic mass is 31.2. The zero-order valence-corrected chi connectivity index (χ0v) is 35.3. The molecule has 0 aliphatic rings. The average Bonchev–Trinajstić information content (AvgIpc) is 2.90. The van der Waals surface area contributed by atoms with Crippen molar-refractivity contribution in [1.29, 1.82) is 0 Å². The molecule has 0 N–H and O–H groups in total. The Balaban J connectivity index is 4.78. The summed E-state index contributed by atoms with van der Waals surface area (Å²) >= 11 is 0. The lowest BCUT2D eigenvalue weighted by Crippen LogP contribution is -2.45. The lowest BCUT2D eigenvalue weighted by atomic mass is 10.4. The molecule has 14 nitrogen and oxygen atoms in total. The average molecular weight is 765 g/mol. The summed E-state index contributed by atoms with van der Waals surface area (Å²) in [7, 11) is -1.85. The van der Waals surface area contributed by atoms with Crippen molar-refractivity contribution >= 4 is 48.0 Å². The number of likely N-dealkylation sites (N-methyl/N-ethyl adjacent to an activating group) is 2. The Morgan fingerprint density at radius 1 is 0.766 bits per heavy atom. The van der Waals surface area contributed by atoms with Gasteiger partial charge in [0, 0.05) is 11.8 Å². The molecule has 47 heavy (non-hydrogen) atoms. The summed E-state index contributed by atoms with van der Waals surface area (Å²) in [6.07, 6.45) is 2.97. The molecular weight excluding hydrogens is 703 g/mol. The first-order valence-electron chi connectivity index (χ1n) is 16.0. The predicted molar refractivity (Wildman–Crippen MR) is 185 cm³/mol. The molecule has 0 bridgehead atoms. The third-order valence-electron chi connectivity index (χ3n) is 6.56. The van der Waals surface area contributed by atoms with Gasteiger partial charge < -0.3 is 50.1 Å². The number of phosphoric acid groups is 2. The first-order chi connectivity index (χ1) is 21.4. The highest BCUT2D eigenvalue weighted by Crippen LogP contribution is 2.39. The van der Waals surface area contributed by atoms with E-state index in [-0.39, 0.29) is 33.0 Å². The first-order valence-corrected chi connectivity index (χ1v) is 26.0. The van der Waals surface area contributed by atoms with Crippen LogP contribution in [0.3, 0.4) is 0 Å². The molecule has 3 atom stereocenters. The van der Waals surface area contributed by atoms with Gasteiger partial charge in [0.1, 0.15) is 26.3 Å². The van der Waals surface area contributed by atoms with Gasteiger partial charge in [-0.2, -0.15) is 0 Å². The fourth-order valence-corrected chi connectivity index (χ4v) is 14.0. The summed E-state index contributed by atoms with van der Waals surface area (Å²) in [6, 6.07) is 2.20. The van der Waals surface area contributed by atoms with Crippen molar-refractivity contribution in [3.63, 3.8) is 0 Å². The molecule has 0 saturated carbocycles. The van der Waals surface area contributed by atoms with Crippen LogP contribution in [-0.2, 0) is 45.3 Å². The lowest BCUT2D eigenvalue weighted by Gasteiger charge is -2.31. The topological polar surface area (TPSA) is 162 Å². The van der Waals surface area contributed by atoms with Crippen LogP contribution in [0.1, 0.15) is 32.6 Å². The highest BCUT2D eigenvalue weighted by molar-refractivity contribution is 7.46. The van der Waals surface area contributed by atoms with E-state index in [4.69, 9.17) is 31.4 Å². The van der Waals surface area contributed by atoms with Crippen molar-refractivity contribution in [3.05, 3.63) is 12.2 Å². The molecule has 0 aliphatic carbocycles. The molecule has 0 spiro atoms. The van der Waals surface area contributed by atoms with Gasteiger partial charge in [-0.05, 0) is 51.4 Å². The fraction of sp³-hybridized carbons (Fsp3) is 0.893. The Morgan fingerprint density at radius 3 is 1.74 bits per heavy atom. The molecule has 0 fully saturated rings. The molecule has 278 valence electrons. The number of carbonyl (C=O) groups is 1. The second kappa shape index (κ2) is 22.7. The van der Waals surface area contributed by atoms with Crippen LogP contribution < -0.4 is 9.79 Å².